The molecule has 1 heterocycles. The number of aliphatic hydroxyl groups excluding tert-OH is 1. The minimum absolute atomic E-state index is 0.278. The van der Waals surface area contributed by atoms with Gasteiger partial charge in [0.1, 0.15) is 24.3 Å². The fourth-order valence-corrected chi connectivity index (χ4v) is 3.10. The number of nitrogens with zero attached hydrogens (tertiary/aromatic N) is 2. The first-order valence-electron chi connectivity index (χ1n) is 8.53. The van der Waals surface area contributed by atoms with E-state index in [1.165, 1.54) is 12.8 Å². The zero-order chi connectivity index (χ0) is 16.5. The summed E-state index contributed by atoms with van der Waals surface area (Å²) in [5.74, 6) is 2.44. The number of para-hydroxylation sites is 2. The average Bonchev–Trinajstić information content (AvgIpc) is 3.36. The number of ether oxygens (including phenoxy) is 1. The second-order valence-electron chi connectivity index (χ2n) is 6.62. The minimum Gasteiger partial charge on any atom is -0.491 e. The lowest BCUT2D eigenvalue weighted by Gasteiger charge is -2.16. The first kappa shape index (κ1) is 15.2. The first-order chi connectivity index (χ1) is 11.7. The molecule has 1 aromatic heterocycles. The number of hydrogen-bond acceptors (Lipinski definition) is 3. The summed E-state index contributed by atoms with van der Waals surface area (Å²) in [6.07, 6.45) is 1.82. The van der Waals surface area contributed by atoms with Crippen LogP contribution in [0.15, 0.2) is 48.5 Å². The standard InChI is InChI=1S/C20H22N2O2/c1-14-5-4-6-17(11-14)24-13-16(23)12-22-19-8-3-2-7-18(19)21-20(22)15-9-10-15/h2-8,11,15-16,23H,9-10,12-13H2,1H3. The molecular weight excluding hydrogens is 300 g/mol. The fraction of sp³-hybridized carbons (Fsp3) is 0.350. The van der Waals surface area contributed by atoms with Gasteiger partial charge in [-0.1, -0.05) is 24.3 Å². The van der Waals surface area contributed by atoms with Crippen molar-refractivity contribution in [2.24, 2.45) is 0 Å². The van der Waals surface area contributed by atoms with E-state index in [2.05, 4.69) is 10.6 Å². The second-order valence-corrected chi connectivity index (χ2v) is 6.62. The average molecular weight is 322 g/mol. The summed E-state index contributed by atoms with van der Waals surface area (Å²) in [5.41, 5.74) is 3.25. The third-order valence-corrected chi connectivity index (χ3v) is 4.45. The quantitative estimate of drug-likeness (QED) is 0.753. The number of aliphatic hydroxyl groups is 1. The highest BCUT2D eigenvalue weighted by molar-refractivity contribution is 5.76. The van der Waals surface area contributed by atoms with Crippen LogP contribution in [0, 0.1) is 6.92 Å². The molecule has 4 nitrogen and oxygen atoms in total. The molecule has 24 heavy (non-hydrogen) atoms. The minimum atomic E-state index is -0.569. The summed E-state index contributed by atoms with van der Waals surface area (Å²) in [6.45, 7) is 2.82. The van der Waals surface area contributed by atoms with Gasteiger partial charge >= 0.3 is 0 Å². The van der Waals surface area contributed by atoms with Gasteiger partial charge in [0.15, 0.2) is 0 Å². The molecule has 1 aliphatic rings. The Kier molecular flexibility index (Phi) is 3.98. The predicted octanol–water partition coefficient (Wildman–Crippen LogP) is 3.66. The van der Waals surface area contributed by atoms with Gasteiger partial charge < -0.3 is 14.4 Å². The molecule has 3 aromatic rings. The Labute approximate surface area is 141 Å². The fourth-order valence-electron chi connectivity index (χ4n) is 3.10. The molecule has 1 aliphatic carbocycles. The van der Waals surface area contributed by atoms with E-state index in [9.17, 15) is 5.11 Å². The molecule has 0 aliphatic heterocycles. The van der Waals surface area contributed by atoms with Crippen LogP contribution in [0.1, 0.15) is 30.1 Å². The van der Waals surface area contributed by atoms with Crippen LogP contribution in [-0.2, 0) is 6.54 Å². The zero-order valence-electron chi connectivity index (χ0n) is 13.9. The van der Waals surface area contributed by atoms with Crippen molar-refractivity contribution in [3.8, 4) is 5.75 Å². The molecule has 0 spiro atoms. The maximum absolute atomic E-state index is 10.5. The van der Waals surface area contributed by atoms with Crippen LogP contribution in [0.4, 0.5) is 0 Å². The largest absolute Gasteiger partial charge is 0.491 e. The third-order valence-electron chi connectivity index (χ3n) is 4.45. The van der Waals surface area contributed by atoms with Crippen LogP contribution in [0.5, 0.6) is 5.75 Å². The molecule has 2 aromatic carbocycles. The summed E-state index contributed by atoms with van der Waals surface area (Å²) in [4.78, 5) is 4.77. The normalized spacial score (nSPS) is 15.6. The van der Waals surface area contributed by atoms with Gasteiger partial charge in [0.05, 0.1) is 17.6 Å². The number of aromatic nitrogens is 2. The molecule has 4 rings (SSSR count). The van der Waals surface area contributed by atoms with E-state index in [1.807, 2.05) is 49.4 Å². The van der Waals surface area contributed by atoms with Gasteiger partial charge in [0.2, 0.25) is 0 Å². The molecule has 124 valence electrons. The van der Waals surface area contributed by atoms with Crippen LogP contribution >= 0.6 is 0 Å². The van der Waals surface area contributed by atoms with Gasteiger partial charge in [-0.3, -0.25) is 0 Å². The van der Waals surface area contributed by atoms with E-state index in [0.29, 0.717) is 12.5 Å². The van der Waals surface area contributed by atoms with Crippen molar-refractivity contribution < 1.29 is 9.84 Å². The molecule has 0 bridgehead atoms. The summed E-state index contributed by atoms with van der Waals surface area (Å²) in [6, 6.07) is 16.0. The van der Waals surface area contributed by atoms with Gasteiger partial charge in [-0.2, -0.15) is 0 Å². The van der Waals surface area contributed by atoms with Crippen LogP contribution in [0.3, 0.4) is 0 Å². The van der Waals surface area contributed by atoms with Crippen molar-refractivity contribution in [2.75, 3.05) is 6.61 Å². The Hall–Kier alpha value is -2.33. The van der Waals surface area contributed by atoms with Crippen molar-refractivity contribution in [2.45, 2.75) is 38.3 Å². The second kappa shape index (κ2) is 6.29. The van der Waals surface area contributed by atoms with E-state index < -0.39 is 6.10 Å². The third kappa shape index (κ3) is 3.15. The van der Waals surface area contributed by atoms with Gasteiger partial charge in [-0.05, 0) is 49.6 Å². The molecule has 1 atom stereocenters. The van der Waals surface area contributed by atoms with Crippen LogP contribution in [0.25, 0.3) is 11.0 Å². The Balaban J connectivity index is 1.50. The Morgan fingerprint density at radius 1 is 1.21 bits per heavy atom. The van der Waals surface area contributed by atoms with Crippen molar-refractivity contribution >= 4 is 11.0 Å². The zero-order valence-corrected chi connectivity index (χ0v) is 13.9. The van der Waals surface area contributed by atoms with E-state index in [1.54, 1.807) is 0 Å². The van der Waals surface area contributed by atoms with Crippen molar-refractivity contribution in [3.05, 3.63) is 59.9 Å². The molecule has 1 fully saturated rings. The van der Waals surface area contributed by atoms with Gasteiger partial charge in [0, 0.05) is 5.92 Å². The molecule has 0 radical (unpaired) electrons. The molecule has 1 N–H and O–H groups in total. The van der Waals surface area contributed by atoms with E-state index >= 15 is 0 Å². The van der Waals surface area contributed by atoms with E-state index in [0.717, 1.165) is 28.2 Å². The summed E-state index contributed by atoms with van der Waals surface area (Å²) < 4.78 is 7.91. The van der Waals surface area contributed by atoms with Gasteiger partial charge in [-0.15, -0.1) is 0 Å². The molecule has 1 saturated carbocycles. The highest BCUT2D eigenvalue weighted by atomic mass is 16.5. The number of hydrogen-bond donors (Lipinski definition) is 1. The number of rotatable bonds is 6. The number of imidazole rings is 1. The highest BCUT2D eigenvalue weighted by Gasteiger charge is 2.30. The Morgan fingerprint density at radius 2 is 2.04 bits per heavy atom. The van der Waals surface area contributed by atoms with Crippen LogP contribution in [-0.4, -0.2) is 27.4 Å². The first-order valence-corrected chi connectivity index (χ1v) is 8.53. The van der Waals surface area contributed by atoms with Crippen LogP contribution in [0.2, 0.25) is 0 Å². The summed E-state index contributed by atoms with van der Waals surface area (Å²) >= 11 is 0. The van der Waals surface area contributed by atoms with Gasteiger partial charge in [0.25, 0.3) is 0 Å². The lowest BCUT2D eigenvalue weighted by atomic mass is 10.2. The Morgan fingerprint density at radius 3 is 2.83 bits per heavy atom. The lowest BCUT2D eigenvalue weighted by Crippen LogP contribution is -2.24. The van der Waals surface area contributed by atoms with E-state index in [4.69, 9.17) is 9.72 Å². The smallest absolute Gasteiger partial charge is 0.119 e. The number of benzene rings is 2. The van der Waals surface area contributed by atoms with Crippen molar-refractivity contribution in [1.29, 1.82) is 0 Å². The number of fused-ring (bicyclic) bond motifs is 1. The predicted molar refractivity (Wildman–Crippen MR) is 94.4 cm³/mol. The topological polar surface area (TPSA) is 47.3 Å². The molecule has 1 unspecified atom stereocenters. The van der Waals surface area contributed by atoms with Crippen molar-refractivity contribution in [1.82, 2.24) is 9.55 Å². The lowest BCUT2D eigenvalue weighted by molar-refractivity contribution is 0.0927. The van der Waals surface area contributed by atoms with Gasteiger partial charge in [-0.25, -0.2) is 4.98 Å². The van der Waals surface area contributed by atoms with Crippen LogP contribution < -0.4 is 4.74 Å². The monoisotopic (exact) mass is 322 g/mol. The highest BCUT2D eigenvalue weighted by Crippen LogP contribution is 2.40. The Bertz CT molecular complexity index is 852. The van der Waals surface area contributed by atoms with E-state index in [-0.39, 0.29) is 6.61 Å². The SMILES string of the molecule is Cc1cccc(OCC(O)Cn2c(C3CC3)nc3ccccc32)c1. The maximum Gasteiger partial charge on any atom is 0.119 e. The molecule has 4 heteroatoms. The molecule has 0 saturated heterocycles. The maximum atomic E-state index is 10.5. The summed E-state index contributed by atoms with van der Waals surface area (Å²) in [5, 5.41) is 10.5. The summed E-state index contributed by atoms with van der Waals surface area (Å²) in [7, 11) is 0. The molecular formula is C20H22N2O2. The van der Waals surface area contributed by atoms with Crippen molar-refractivity contribution in [3.63, 3.8) is 0 Å². The number of aryl methyl sites for hydroxylation is 1. The molecule has 0 amide bonds.